The minimum Gasteiger partial charge on any atom is -0.353 e. The number of carbonyl (C=O) groups is 2. The Kier molecular flexibility index (Phi) is 6.60. The van der Waals surface area contributed by atoms with E-state index in [-0.39, 0.29) is 24.2 Å². The SMILES string of the molecule is Cc1ccc(N2CC(C(=O)N3CCN(c4ccc(N5CCN(C)CC5)nn4)CC3)CC2=O)cc1C. The van der Waals surface area contributed by atoms with Crippen LogP contribution in [-0.4, -0.2) is 97.8 Å². The molecule has 0 spiro atoms. The predicted molar refractivity (Wildman–Crippen MR) is 137 cm³/mol. The van der Waals surface area contributed by atoms with Gasteiger partial charge in [-0.1, -0.05) is 6.07 Å². The highest BCUT2D eigenvalue weighted by Gasteiger charge is 2.38. The lowest BCUT2D eigenvalue weighted by molar-refractivity contribution is -0.136. The summed E-state index contributed by atoms with van der Waals surface area (Å²) < 4.78 is 0. The minimum absolute atomic E-state index is 0.0287. The number of anilines is 3. The van der Waals surface area contributed by atoms with E-state index in [1.807, 2.05) is 36.1 Å². The Morgan fingerprint density at radius 1 is 0.829 bits per heavy atom. The molecule has 5 rings (SSSR count). The second kappa shape index (κ2) is 9.81. The van der Waals surface area contributed by atoms with Gasteiger partial charge >= 0.3 is 0 Å². The van der Waals surface area contributed by atoms with E-state index in [0.717, 1.165) is 62.2 Å². The van der Waals surface area contributed by atoms with Crippen molar-refractivity contribution in [1.82, 2.24) is 20.0 Å². The van der Waals surface area contributed by atoms with Crippen molar-refractivity contribution in [2.45, 2.75) is 20.3 Å². The molecule has 9 nitrogen and oxygen atoms in total. The van der Waals surface area contributed by atoms with Crippen LogP contribution in [0.3, 0.4) is 0 Å². The zero-order valence-corrected chi connectivity index (χ0v) is 21.0. The van der Waals surface area contributed by atoms with E-state index in [1.165, 1.54) is 5.56 Å². The molecule has 3 aliphatic rings. The fraction of sp³-hybridized carbons (Fsp3) is 0.538. The first kappa shape index (κ1) is 23.5. The Bertz CT molecular complexity index is 1070. The van der Waals surface area contributed by atoms with Gasteiger partial charge in [-0.3, -0.25) is 9.59 Å². The number of amides is 2. The molecule has 9 heteroatoms. The molecule has 1 atom stereocenters. The lowest BCUT2D eigenvalue weighted by Gasteiger charge is -2.36. The van der Waals surface area contributed by atoms with Crippen molar-refractivity contribution < 1.29 is 9.59 Å². The number of hydrogen-bond donors (Lipinski definition) is 0. The number of piperazine rings is 2. The standard InChI is InChI=1S/C26H35N7O2/c1-19-4-5-22(16-20(19)2)33-18-21(17-25(33)34)26(35)32-14-12-31(13-15-32)24-7-6-23(27-28-24)30-10-8-29(3)9-11-30/h4-7,16,21H,8-15,17-18H2,1-3H3. The molecule has 0 aliphatic carbocycles. The quantitative estimate of drug-likeness (QED) is 0.661. The molecule has 35 heavy (non-hydrogen) atoms. The number of nitrogens with zero attached hydrogens (tertiary/aromatic N) is 7. The van der Waals surface area contributed by atoms with Gasteiger partial charge in [0.25, 0.3) is 0 Å². The summed E-state index contributed by atoms with van der Waals surface area (Å²) in [5, 5.41) is 8.95. The fourth-order valence-electron chi connectivity index (χ4n) is 5.12. The molecular formula is C26H35N7O2. The van der Waals surface area contributed by atoms with Crippen LogP contribution in [0.2, 0.25) is 0 Å². The summed E-state index contributed by atoms with van der Waals surface area (Å²) in [6.07, 6.45) is 0.283. The average molecular weight is 478 g/mol. The van der Waals surface area contributed by atoms with Gasteiger partial charge in [-0.15, -0.1) is 10.2 Å². The van der Waals surface area contributed by atoms with E-state index < -0.39 is 0 Å². The van der Waals surface area contributed by atoms with E-state index in [0.29, 0.717) is 19.6 Å². The summed E-state index contributed by atoms with van der Waals surface area (Å²) in [6, 6.07) is 10.1. The summed E-state index contributed by atoms with van der Waals surface area (Å²) in [4.78, 5) is 36.4. The molecule has 1 aromatic heterocycles. The molecule has 1 unspecified atom stereocenters. The zero-order valence-electron chi connectivity index (χ0n) is 21.0. The summed E-state index contributed by atoms with van der Waals surface area (Å²) >= 11 is 0. The van der Waals surface area contributed by atoms with Crippen molar-refractivity contribution in [3.05, 3.63) is 41.5 Å². The number of likely N-dealkylation sites (N-methyl/N-ethyl adjacent to an activating group) is 1. The second-order valence-electron chi connectivity index (χ2n) is 10.0. The number of carbonyl (C=O) groups excluding carboxylic acids is 2. The van der Waals surface area contributed by atoms with Crippen molar-refractivity contribution in [3.8, 4) is 0 Å². The lowest BCUT2D eigenvalue weighted by Crippen LogP contribution is -2.51. The Labute approximate surface area is 207 Å². The number of aryl methyl sites for hydroxylation is 2. The Morgan fingerprint density at radius 3 is 2.00 bits per heavy atom. The number of hydrogen-bond acceptors (Lipinski definition) is 7. The van der Waals surface area contributed by atoms with Gasteiger partial charge in [0, 0.05) is 71.0 Å². The monoisotopic (exact) mass is 477 g/mol. The molecular weight excluding hydrogens is 442 g/mol. The van der Waals surface area contributed by atoms with Crippen LogP contribution in [0.4, 0.5) is 17.3 Å². The van der Waals surface area contributed by atoms with E-state index in [1.54, 1.807) is 4.90 Å². The van der Waals surface area contributed by atoms with Gasteiger partial charge in [0.15, 0.2) is 11.6 Å². The third kappa shape index (κ3) is 4.96. The molecule has 2 aromatic rings. The maximum atomic E-state index is 13.2. The van der Waals surface area contributed by atoms with Crippen LogP contribution < -0.4 is 14.7 Å². The molecule has 0 saturated carbocycles. The van der Waals surface area contributed by atoms with Gasteiger partial charge < -0.3 is 24.5 Å². The Morgan fingerprint density at radius 2 is 1.43 bits per heavy atom. The first-order chi connectivity index (χ1) is 16.9. The lowest BCUT2D eigenvalue weighted by atomic mass is 10.1. The first-order valence-electron chi connectivity index (χ1n) is 12.6. The van der Waals surface area contributed by atoms with Gasteiger partial charge in [-0.05, 0) is 56.3 Å². The van der Waals surface area contributed by atoms with Gasteiger partial charge in [0.1, 0.15) is 0 Å². The van der Waals surface area contributed by atoms with Crippen LogP contribution in [-0.2, 0) is 9.59 Å². The molecule has 0 radical (unpaired) electrons. The van der Waals surface area contributed by atoms with Crippen molar-refractivity contribution in [2.24, 2.45) is 5.92 Å². The smallest absolute Gasteiger partial charge is 0.228 e. The first-order valence-corrected chi connectivity index (χ1v) is 12.6. The topological polar surface area (TPSA) is 76.1 Å². The van der Waals surface area contributed by atoms with Crippen LogP contribution in [0.15, 0.2) is 30.3 Å². The number of rotatable bonds is 4. The van der Waals surface area contributed by atoms with Gasteiger partial charge in [-0.2, -0.15) is 0 Å². The van der Waals surface area contributed by atoms with Gasteiger partial charge in [0.2, 0.25) is 11.8 Å². The van der Waals surface area contributed by atoms with Crippen LogP contribution in [0.1, 0.15) is 17.5 Å². The maximum absolute atomic E-state index is 13.2. The van der Waals surface area contributed by atoms with E-state index in [4.69, 9.17) is 0 Å². The zero-order chi connectivity index (χ0) is 24.5. The molecule has 4 heterocycles. The highest BCUT2D eigenvalue weighted by Crippen LogP contribution is 2.28. The van der Waals surface area contributed by atoms with Crippen LogP contribution in [0.25, 0.3) is 0 Å². The van der Waals surface area contributed by atoms with Crippen LogP contribution in [0.5, 0.6) is 0 Å². The number of benzene rings is 1. The van der Waals surface area contributed by atoms with Crippen molar-refractivity contribution >= 4 is 29.1 Å². The third-order valence-corrected chi connectivity index (χ3v) is 7.66. The molecule has 186 valence electrons. The van der Waals surface area contributed by atoms with Crippen molar-refractivity contribution in [1.29, 1.82) is 0 Å². The molecule has 0 bridgehead atoms. The van der Waals surface area contributed by atoms with E-state index in [2.05, 4.69) is 44.9 Å². The molecule has 3 aliphatic heterocycles. The van der Waals surface area contributed by atoms with E-state index in [9.17, 15) is 9.59 Å². The normalized spacial score (nSPS) is 21.7. The maximum Gasteiger partial charge on any atom is 0.228 e. The van der Waals surface area contributed by atoms with E-state index >= 15 is 0 Å². The molecule has 3 fully saturated rings. The fourth-order valence-corrected chi connectivity index (χ4v) is 5.12. The Balaban J connectivity index is 1.15. The van der Waals surface area contributed by atoms with Gasteiger partial charge in [-0.25, -0.2) is 0 Å². The summed E-state index contributed by atoms with van der Waals surface area (Å²) in [5.41, 5.74) is 3.24. The highest BCUT2D eigenvalue weighted by molar-refractivity contribution is 6.00. The summed E-state index contributed by atoms with van der Waals surface area (Å²) in [7, 11) is 2.14. The largest absolute Gasteiger partial charge is 0.353 e. The average Bonchev–Trinajstić information content (AvgIpc) is 3.27. The molecule has 0 N–H and O–H groups in total. The van der Waals surface area contributed by atoms with Crippen LogP contribution in [0, 0.1) is 19.8 Å². The minimum atomic E-state index is -0.279. The summed E-state index contributed by atoms with van der Waals surface area (Å²) in [6.45, 7) is 11.3. The highest BCUT2D eigenvalue weighted by atomic mass is 16.2. The van der Waals surface area contributed by atoms with Gasteiger partial charge in [0.05, 0.1) is 5.92 Å². The number of aromatic nitrogens is 2. The van der Waals surface area contributed by atoms with Crippen LogP contribution >= 0.6 is 0 Å². The summed E-state index contributed by atoms with van der Waals surface area (Å²) in [5.74, 6) is 1.61. The predicted octanol–water partition coefficient (Wildman–Crippen LogP) is 1.55. The third-order valence-electron chi connectivity index (χ3n) is 7.66. The molecule has 3 saturated heterocycles. The molecule has 2 amide bonds. The second-order valence-corrected chi connectivity index (χ2v) is 10.0. The van der Waals surface area contributed by atoms with Crippen molar-refractivity contribution in [3.63, 3.8) is 0 Å². The molecule has 1 aromatic carbocycles. The Hall–Kier alpha value is -3.20. The van der Waals surface area contributed by atoms with Crippen molar-refractivity contribution in [2.75, 3.05) is 80.7 Å².